The molecular formula is C16H21NO. The molecule has 0 radical (unpaired) electrons. The van der Waals surface area contributed by atoms with E-state index in [1.165, 1.54) is 32.1 Å². The summed E-state index contributed by atoms with van der Waals surface area (Å²) < 4.78 is 5.71. The molecule has 2 heterocycles. The van der Waals surface area contributed by atoms with Crippen LogP contribution in [0.15, 0.2) is 24.3 Å². The van der Waals surface area contributed by atoms with Gasteiger partial charge in [-0.2, -0.15) is 0 Å². The Kier molecular flexibility index (Phi) is 2.66. The van der Waals surface area contributed by atoms with Gasteiger partial charge in [-0.05, 0) is 43.2 Å². The fraction of sp³-hybridized carbons (Fsp3) is 0.625. The van der Waals surface area contributed by atoms with Crippen molar-refractivity contribution in [3.8, 4) is 0 Å². The van der Waals surface area contributed by atoms with E-state index in [0.717, 1.165) is 19.3 Å². The predicted octanol–water partition coefficient (Wildman–Crippen LogP) is 2.41. The first-order valence-electron chi connectivity index (χ1n) is 7.34. The minimum atomic E-state index is 0.707. The van der Waals surface area contributed by atoms with E-state index < -0.39 is 0 Å². The van der Waals surface area contributed by atoms with Crippen LogP contribution in [0, 0.1) is 0 Å². The first-order chi connectivity index (χ1) is 8.92. The SMILES string of the molecule is c1ccc2c(c1)CCC(N1C3CCC1COC3)C2. The molecule has 1 aromatic rings. The second kappa shape index (κ2) is 4.36. The summed E-state index contributed by atoms with van der Waals surface area (Å²) in [5, 5.41) is 0. The van der Waals surface area contributed by atoms with Crippen molar-refractivity contribution in [2.45, 2.75) is 50.2 Å². The van der Waals surface area contributed by atoms with E-state index in [2.05, 4.69) is 29.2 Å². The summed E-state index contributed by atoms with van der Waals surface area (Å²) in [6.07, 6.45) is 6.55. The van der Waals surface area contributed by atoms with Crippen LogP contribution in [0.1, 0.15) is 30.4 Å². The lowest BCUT2D eigenvalue weighted by molar-refractivity contribution is -0.0388. The number of fused-ring (bicyclic) bond motifs is 3. The Bertz CT molecular complexity index is 428. The number of hydrogen-bond acceptors (Lipinski definition) is 2. The minimum absolute atomic E-state index is 0.707. The first kappa shape index (κ1) is 11.0. The summed E-state index contributed by atoms with van der Waals surface area (Å²) >= 11 is 0. The van der Waals surface area contributed by atoms with E-state index >= 15 is 0 Å². The molecule has 0 amide bonds. The molecule has 3 aliphatic rings. The summed E-state index contributed by atoms with van der Waals surface area (Å²) in [4.78, 5) is 2.80. The van der Waals surface area contributed by atoms with Gasteiger partial charge in [0.25, 0.3) is 0 Å². The Morgan fingerprint density at radius 3 is 2.39 bits per heavy atom. The molecule has 3 atom stereocenters. The van der Waals surface area contributed by atoms with Crippen molar-refractivity contribution in [1.29, 1.82) is 0 Å². The average molecular weight is 243 g/mol. The van der Waals surface area contributed by atoms with E-state index in [9.17, 15) is 0 Å². The highest BCUT2D eigenvalue weighted by Crippen LogP contribution is 2.35. The lowest BCUT2D eigenvalue weighted by Gasteiger charge is -2.42. The second-order valence-electron chi connectivity index (χ2n) is 6.04. The van der Waals surface area contributed by atoms with Gasteiger partial charge in [-0.3, -0.25) is 4.90 Å². The number of ether oxygens (including phenoxy) is 1. The molecule has 18 heavy (non-hydrogen) atoms. The van der Waals surface area contributed by atoms with Crippen LogP contribution in [0.25, 0.3) is 0 Å². The van der Waals surface area contributed by atoms with Crippen LogP contribution in [0.5, 0.6) is 0 Å². The van der Waals surface area contributed by atoms with Crippen molar-refractivity contribution >= 4 is 0 Å². The van der Waals surface area contributed by atoms with Gasteiger partial charge in [-0.15, -0.1) is 0 Å². The van der Waals surface area contributed by atoms with E-state index in [0.29, 0.717) is 12.1 Å². The third-order valence-corrected chi connectivity index (χ3v) is 5.04. The third kappa shape index (κ3) is 1.70. The van der Waals surface area contributed by atoms with E-state index in [1.807, 2.05) is 0 Å². The second-order valence-corrected chi connectivity index (χ2v) is 6.04. The van der Waals surface area contributed by atoms with Gasteiger partial charge in [0.2, 0.25) is 0 Å². The monoisotopic (exact) mass is 243 g/mol. The number of hydrogen-bond donors (Lipinski definition) is 0. The highest BCUT2D eigenvalue weighted by atomic mass is 16.5. The highest BCUT2D eigenvalue weighted by molar-refractivity contribution is 5.30. The smallest absolute Gasteiger partial charge is 0.0622 e. The zero-order chi connectivity index (χ0) is 11.9. The summed E-state index contributed by atoms with van der Waals surface area (Å²) in [6.45, 7) is 1.93. The van der Waals surface area contributed by atoms with Crippen molar-refractivity contribution in [2.24, 2.45) is 0 Å². The van der Waals surface area contributed by atoms with Gasteiger partial charge < -0.3 is 4.74 Å². The molecule has 2 nitrogen and oxygen atoms in total. The van der Waals surface area contributed by atoms with Crippen molar-refractivity contribution in [2.75, 3.05) is 13.2 Å². The molecule has 2 heteroatoms. The topological polar surface area (TPSA) is 12.5 Å². The quantitative estimate of drug-likeness (QED) is 0.751. The maximum absolute atomic E-state index is 5.71. The molecule has 0 N–H and O–H groups in total. The van der Waals surface area contributed by atoms with Crippen LogP contribution < -0.4 is 0 Å². The van der Waals surface area contributed by atoms with Crippen LogP contribution in [-0.2, 0) is 17.6 Å². The zero-order valence-electron chi connectivity index (χ0n) is 10.8. The maximum Gasteiger partial charge on any atom is 0.0622 e. The minimum Gasteiger partial charge on any atom is -0.378 e. The van der Waals surface area contributed by atoms with Crippen LogP contribution in [0.4, 0.5) is 0 Å². The van der Waals surface area contributed by atoms with Gasteiger partial charge >= 0.3 is 0 Å². The molecule has 3 unspecified atom stereocenters. The van der Waals surface area contributed by atoms with Crippen molar-refractivity contribution < 1.29 is 4.74 Å². The van der Waals surface area contributed by atoms with Gasteiger partial charge in [-0.25, -0.2) is 0 Å². The zero-order valence-corrected chi connectivity index (χ0v) is 10.8. The number of nitrogens with zero attached hydrogens (tertiary/aromatic N) is 1. The summed E-state index contributed by atoms with van der Waals surface area (Å²) in [5.41, 5.74) is 3.16. The Balaban J connectivity index is 1.57. The van der Waals surface area contributed by atoms with Gasteiger partial charge in [0.15, 0.2) is 0 Å². The fourth-order valence-electron chi connectivity index (χ4n) is 4.19. The van der Waals surface area contributed by atoms with Crippen molar-refractivity contribution in [3.63, 3.8) is 0 Å². The normalized spacial score (nSPS) is 35.4. The van der Waals surface area contributed by atoms with Crippen molar-refractivity contribution in [3.05, 3.63) is 35.4 Å². The van der Waals surface area contributed by atoms with Crippen LogP contribution >= 0.6 is 0 Å². The molecule has 2 fully saturated rings. The molecule has 2 bridgehead atoms. The molecule has 2 saturated heterocycles. The fourth-order valence-corrected chi connectivity index (χ4v) is 4.19. The van der Waals surface area contributed by atoms with Crippen LogP contribution in [0.2, 0.25) is 0 Å². The summed E-state index contributed by atoms with van der Waals surface area (Å²) in [5.74, 6) is 0. The van der Waals surface area contributed by atoms with Gasteiger partial charge in [0.05, 0.1) is 13.2 Å². The Hall–Kier alpha value is -0.860. The van der Waals surface area contributed by atoms with E-state index in [-0.39, 0.29) is 0 Å². The molecule has 0 aromatic heterocycles. The molecule has 96 valence electrons. The predicted molar refractivity (Wildman–Crippen MR) is 71.7 cm³/mol. The molecule has 1 aliphatic carbocycles. The lowest BCUT2D eigenvalue weighted by Crippen LogP contribution is -2.52. The molecule has 1 aromatic carbocycles. The largest absolute Gasteiger partial charge is 0.378 e. The number of benzene rings is 1. The standard InChI is InChI=1S/C16H21NO/c1-2-4-13-9-14(6-5-12(13)3-1)17-15-7-8-16(17)11-18-10-15/h1-4,14-16H,5-11H2. The van der Waals surface area contributed by atoms with Gasteiger partial charge in [0, 0.05) is 18.1 Å². The molecule has 4 rings (SSSR count). The van der Waals surface area contributed by atoms with Crippen molar-refractivity contribution in [1.82, 2.24) is 4.90 Å². The average Bonchev–Trinajstić information content (AvgIpc) is 2.68. The lowest BCUT2D eigenvalue weighted by atomic mass is 9.87. The molecular weight excluding hydrogens is 222 g/mol. The first-order valence-corrected chi connectivity index (χ1v) is 7.34. The Morgan fingerprint density at radius 1 is 0.889 bits per heavy atom. The molecule has 0 saturated carbocycles. The molecule has 0 spiro atoms. The van der Waals surface area contributed by atoms with Gasteiger partial charge in [0.1, 0.15) is 0 Å². The van der Waals surface area contributed by atoms with E-state index in [4.69, 9.17) is 4.74 Å². The highest BCUT2D eigenvalue weighted by Gasteiger charge is 2.41. The Morgan fingerprint density at radius 2 is 1.61 bits per heavy atom. The maximum atomic E-state index is 5.71. The van der Waals surface area contributed by atoms with Crippen LogP contribution in [-0.4, -0.2) is 36.2 Å². The molecule has 2 aliphatic heterocycles. The summed E-state index contributed by atoms with van der Waals surface area (Å²) in [6, 6.07) is 11.2. The number of morpholine rings is 1. The summed E-state index contributed by atoms with van der Waals surface area (Å²) in [7, 11) is 0. The van der Waals surface area contributed by atoms with Crippen LogP contribution in [0.3, 0.4) is 0 Å². The van der Waals surface area contributed by atoms with E-state index in [1.54, 1.807) is 11.1 Å². The number of rotatable bonds is 1. The number of aryl methyl sites for hydroxylation is 1. The van der Waals surface area contributed by atoms with Gasteiger partial charge in [-0.1, -0.05) is 24.3 Å². The third-order valence-electron chi connectivity index (χ3n) is 5.04. The Labute approximate surface area is 109 Å².